The molecule has 2 aromatic rings. The van der Waals surface area contributed by atoms with Crippen LogP contribution < -0.4 is 0 Å². The van der Waals surface area contributed by atoms with E-state index in [2.05, 4.69) is 6.07 Å². The lowest BCUT2D eigenvalue weighted by atomic mass is 10.1. The summed E-state index contributed by atoms with van der Waals surface area (Å²) in [6, 6.07) is 4.61. The van der Waals surface area contributed by atoms with Gasteiger partial charge in [0.05, 0.1) is 10.3 Å². The van der Waals surface area contributed by atoms with Gasteiger partial charge in [0.1, 0.15) is 0 Å². The molecule has 0 atom stereocenters. The second kappa shape index (κ2) is 2.95. The van der Waals surface area contributed by atoms with Crippen LogP contribution in [0.1, 0.15) is 5.56 Å². The number of halogens is 4. The van der Waals surface area contributed by atoms with Crippen molar-refractivity contribution in [2.24, 2.45) is 0 Å². The third kappa shape index (κ3) is 1.37. The van der Waals surface area contributed by atoms with Crippen LogP contribution in [-0.4, -0.2) is 0 Å². The summed E-state index contributed by atoms with van der Waals surface area (Å²) in [5, 5.41) is 1.81. The molecule has 2 rings (SSSR count). The maximum atomic E-state index is 13.3. The molecule has 0 unspecified atom stereocenters. The van der Waals surface area contributed by atoms with Gasteiger partial charge in [-0.3, -0.25) is 0 Å². The second-order valence-corrected chi connectivity index (χ2v) is 3.56. The van der Waals surface area contributed by atoms with Gasteiger partial charge in [0.15, 0.2) is 5.82 Å². The van der Waals surface area contributed by atoms with Gasteiger partial charge in [-0.1, -0.05) is 6.07 Å². The molecule has 1 aromatic carbocycles. The SMILES string of the molecule is Fc1c(C(F)(F)F)ccc2[c]csc12. The van der Waals surface area contributed by atoms with Crippen LogP contribution in [0.2, 0.25) is 0 Å². The number of rotatable bonds is 0. The van der Waals surface area contributed by atoms with Crippen LogP contribution in [0.3, 0.4) is 0 Å². The molecule has 0 aliphatic carbocycles. The Labute approximate surface area is 80.8 Å². The molecule has 1 heterocycles. The number of hydrogen-bond donors (Lipinski definition) is 0. The molecule has 0 fully saturated rings. The average Bonchev–Trinajstić information content (AvgIpc) is 2.50. The third-order valence-corrected chi connectivity index (χ3v) is 2.66. The van der Waals surface area contributed by atoms with Crippen LogP contribution in [-0.2, 0) is 6.18 Å². The van der Waals surface area contributed by atoms with E-state index in [1.807, 2.05) is 0 Å². The van der Waals surface area contributed by atoms with Crippen molar-refractivity contribution < 1.29 is 17.6 Å². The minimum atomic E-state index is -4.64. The highest BCUT2D eigenvalue weighted by atomic mass is 32.1. The number of benzene rings is 1. The molecule has 14 heavy (non-hydrogen) atoms. The van der Waals surface area contributed by atoms with Gasteiger partial charge >= 0.3 is 6.18 Å². The van der Waals surface area contributed by atoms with Crippen molar-refractivity contribution in [2.45, 2.75) is 6.18 Å². The minimum Gasteiger partial charge on any atom is -0.205 e. The van der Waals surface area contributed by atoms with E-state index in [9.17, 15) is 17.6 Å². The van der Waals surface area contributed by atoms with Crippen molar-refractivity contribution in [3.63, 3.8) is 0 Å². The number of alkyl halides is 3. The third-order valence-electron chi connectivity index (χ3n) is 1.79. The fourth-order valence-corrected chi connectivity index (χ4v) is 1.93. The molecule has 0 aliphatic rings. The van der Waals surface area contributed by atoms with Gasteiger partial charge in [-0.25, -0.2) is 4.39 Å². The molecule has 0 nitrogen and oxygen atoms in total. The van der Waals surface area contributed by atoms with Crippen molar-refractivity contribution in [1.82, 2.24) is 0 Å². The first-order valence-corrected chi connectivity index (χ1v) is 4.52. The summed E-state index contributed by atoms with van der Waals surface area (Å²) < 4.78 is 50.0. The van der Waals surface area contributed by atoms with Crippen molar-refractivity contribution in [2.75, 3.05) is 0 Å². The predicted molar refractivity (Wildman–Crippen MR) is 45.6 cm³/mol. The Bertz CT molecular complexity index is 469. The predicted octanol–water partition coefficient (Wildman–Crippen LogP) is 3.86. The highest BCUT2D eigenvalue weighted by Crippen LogP contribution is 2.35. The highest BCUT2D eigenvalue weighted by molar-refractivity contribution is 7.17. The molecule has 0 saturated heterocycles. The maximum Gasteiger partial charge on any atom is 0.419 e. The van der Waals surface area contributed by atoms with E-state index in [0.717, 1.165) is 17.4 Å². The van der Waals surface area contributed by atoms with Crippen molar-refractivity contribution in [1.29, 1.82) is 0 Å². The largest absolute Gasteiger partial charge is 0.419 e. The summed E-state index contributed by atoms with van der Waals surface area (Å²) in [6.45, 7) is 0. The molecule has 0 spiro atoms. The summed E-state index contributed by atoms with van der Waals surface area (Å²) in [7, 11) is 0. The van der Waals surface area contributed by atoms with E-state index in [0.29, 0.717) is 5.39 Å². The standard InChI is InChI=1S/C9H3F4S/c10-7-6(9(11,12)13)2-1-5-3-4-14-8(5)7/h1-2,4H. The van der Waals surface area contributed by atoms with E-state index in [1.165, 1.54) is 11.4 Å². The van der Waals surface area contributed by atoms with Crippen molar-refractivity contribution in [3.8, 4) is 0 Å². The first-order valence-electron chi connectivity index (χ1n) is 3.65. The Balaban J connectivity index is 2.74. The second-order valence-electron chi connectivity index (χ2n) is 2.68. The van der Waals surface area contributed by atoms with Gasteiger partial charge in [0, 0.05) is 11.5 Å². The lowest BCUT2D eigenvalue weighted by Gasteiger charge is -2.07. The van der Waals surface area contributed by atoms with Gasteiger partial charge in [0.25, 0.3) is 0 Å². The van der Waals surface area contributed by atoms with E-state index in [1.54, 1.807) is 0 Å². The van der Waals surface area contributed by atoms with Gasteiger partial charge in [-0.15, -0.1) is 11.3 Å². The first kappa shape index (κ1) is 9.45. The summed E-state index contributed by atoms with van der Waals surface area (Å²) >= 11 is 0.914. The van der Waals surface area contributed by atoms with Crippen molar-refractivity contribution in [3.05, 3.63) is 35.0 Å². The van der Waals surface area contributed by atoms with E-state index in [-0.39, 0.29) is 4.70 Å². The van der Waals surface area contributed by atoms with Crippen molar-refractivity contribution >= 4 is 21.4 Å². The van der Waals surface area contributed by atoms with Gasteiger partial charge < -0.3 is 0 Å². The quantitative estimate of drug-likeness (QED) is 0.590. The smallest absolute Gasteiger partial charge is 0.205 e. The molecule has 73 valence electrons. The molecular formula is C9H3F4S. The lowest BCUT2D eigenvalue weighted by Crippen LogP contribution is -2.07. The molecular weight excluding hydrogens is 216 g/mol. The summed E-state index contributed by atoms with van der Waals surface area (Å²) in [5.41, 5.74) is -1.22. The normalized spacial score (nSPS) is 12.3. The Hall–Kier alpha value is -1.10. The average molecular weight is 219 g/mol. The van der Waals surface area contributed by atoms with E-state index in [4.69, 9.17) is 0 Å². The lowest BCUT2D eigenvalue weighted by molar-refractivity contribution is -0.139. The molecule has 0 bridgehead atoms. The van der Waals surface area contributed by atoms with Crippen LogP contribution in [0, 0.1) is 11.9 Å². The van der Waals surface area contributed by atoms with Crippen LogP contribution in [0.4, 0.5) is 17.6 Å². The fourth-order valence-electron chi connectivity index (χ4n) is 1.16. The van der Waals surface area contributed by atoms with E-state index >= 15 is 0 Å². The zero-order valence-electron chi connectivity index (χ0n) is 6.65. The molecule has 0 saturated carbocycles. The Morgan fingerprint density at radius 2 is 1.93 bits per heavy atom. The van der Waals surface area contributed by atoms with Crippen LogP contribution in [0.25, 0.3) is 10.1 Å². The summed E-state index contributed by atoms with van der Waals surface area (Å²) in [4.78, 5) is 0. The highest BCUT2D eigenvalue weighted by Gasteiger charge is 2.34. The number of hydrogen-bond acceptors (Lipinski definition) is 1. The van der Waals surface area contributed by atoms with Gasteiger partial charge in [-0.2, -0.15) is 13.2 Å². The number of fused-ring (bicyclic) bond motifs is 1. The van der Waals surface area contributed by atoms with Gasteiger partial charge in [0.2, 0.25) is 0 Å². The molecule has 0 aliphatic heterocycles. The van der Waals surface area contributed by atoms with E-state index < -0.39 is 17.6 Å². The molecule has 0 N–H and O–H groups in total. The molecule has 1 radical (unpaired) electrons. The monoisotopic (exact) mass is 219 g/mol. The Kier molecular flexibility index (Phi) is 1.99. The van der Waals surface area contributed by atoms with Crippen LogP contribution >= 0.6 is 11.3 Å². The van der Waals surface area contributed by atoms with Crippen LogP contribution in [0.5, 0.6) is 0 Å². The fraction of sp³-hybridized carbons (Fsp3) is 0.111. The molecule has 5 heteroatoms. The zero-order valence-corrected chi connectivity index (χ0v) is 7.47. The Morgan fingerprint density at radius 3 is 2.57 bits per heavy atom. The van der Waals surface area contributed by atoms with Crippen LogP contribution in [0.15, 0.2) is 17.5 Å². The summed E-state index contributed by atoms with van der Waals surface area (Å²) in [6.07, 6.45) is -4.64. The Morgan fingerprint density at radius 1 is 1.21 bits per heavy atom. The topological polar surface area (TPSA) is 0 Å². The molecule has 1 aromatic heterocycles. The minimum absolute atomic E-state index is 0.000162. The first-order chi connectivity index (χ1) is 6.50. The maximum absolute atomic E-state index is 13.3. The zero-order chi connectivity index (χ0) is 10.3. The molecule has 0 amide bonds. The summed E-state index contributed by atoms with van der Waals surface area (Å²) in [5.74, 6) is -1.21. The number of thiophene rings is 1. The van der Waals surface area contributed by atoms with Gasteiger partial charge in [-0.05, 0) is 11.4 Å².